The lowest BCUT2D eigenvalue weighted by molar-refractivity contribution is 0.360. The highest BCUT2D eigenvalue weighted by Gasteiger charge is 2.47. The van der Waals surface area contributed by atoms with E-state index in [1.807, 2.05) is 36.4 Å². The molecule has 0 fully saturated rings. The van der Waals surface area contributed by atoms with Crippen LogP contribution in [0.2, 0.25) is 0 Å². The van der Waals surface area contributed by atoms with E-state index in [0.717, 1.165) is 61.2 Å². The van der Waals surface area contributed by atoms with Crippen molar-refractivity contribution in [2.75, 3.05) is 0 Å². The number of aromatic nitrogens is 3. The summed E-state index contributed by atoms with van der Waals surface area (Å²) in [6.45, 7) is 0. The molecule has 69 heavy (non-hydrogen) atoms. The van der Waals surface area contributed by atoms with Crippen LogP contribution in [0.1, 0.15) is 22.3 Å². The summed E-state index contributed by atoms with van der Waals surface area (Å²) in [5.41, 5.74) is 15.2. The second kappa shape index (κ2) is 16.6. The minimum atomic E-state index is -0.568. The molecule has 0 saturated carbocycles. The van der Waals surface area contributed by atoms with Crippen LogP contribution in [0.15, 0.2) is 249 Å². The van der Waals surface area contributed by atoms with E-state index in [1.165, 1.54) is 22.3 Å². The number of hydrogen-bond acceptors (Lipinski definition) is 5. The molecule has 2 heterocycles. The Balaban J connectivity index is 0.948. The summed E-state index contributed by atoms with van der Waals surface area (Å²) in [6, 6.07) is 86.6. The molecule has 5 nitrogen and oxygen atoms in total. The first-order chi connectivity index (χ1) is 34.2. The first-order valence-corrected chi connectivity index (χ1v) is 23.2. The maximum Gasteiger partial charge on any atom is 0.177 e. The zero-order valence-electron chi connectivity index (χ0n) is 37.3. The Morgan fingerprint density at radius 1 is 0.261 bits per heavy atom. The van der Waals surface area contributed by atoms with Crippen LogP contribution in [0.4, 0.5) is 0 Å². The van der Waals surface area contributed by atoms with Gasteiger partial charge in [0, 0.05) is 22.3 Å². The Labute approximate surface area is 400 Å². The first-order valence-electron chi connectivity index (χ1n) is 23.2. The second-order valence-corrected chi connectivity index (χ2v) is 17.5. The molecule has 13 rings (SSSR count). The van der Waals surface area contributed by atoms with Crippen molar-refractivity contribution >= 4 is 0 Å². The predicted octanol–water partition coefficient (Wildman–Crippen LogP) is 16.1. The molecule has 0 radical (unpaired) electrons. The van der Waals surface area contributed by atoms with Gasteiger partial charge >= 0.3 is 0 Å². The number of benzene rings is 10. The van der Waals surface area contributed by atoms with E-state index < -0.39 is 5.41 Å². The largest absolute Gasteiger partial charge is 0.449 e. The summed E-state index contributed by atoms with van der Waals surface area (Å²) in [5.74, 6) is 4.27. The van der Waals surface area contributed by atoms with Gasteiger partial charge in [-0.25, -0.2) is 15.0 Å². The number of nitrogens with zero attached hydrogens (tertiary/aromatic N) is 3. The van der Waals surface area contributed by atoms with Crippen LogP contribution in [0.3, 0.4) is 0 Å². The van der Waals surface area contributed by atoms with Crippen LogP contribution in [-0.2, 0) is 5.41 Å². The molecular formula is C64H41N3O2. The Morgan fingerprint density at radius 3 is 1.32 bits per heavy atom. The van der Waals surface area contributed by atoms with Crippen LogP contribution in [0, 0.1) is 0 Å². The summed E-state index contributed by atoms with van der Waals surface area (Å²) in [4.78, 5) is 15.8. The summed E-state index contributed by atoms with van der Waals surface area (Å²) in [5, 5.41) is 0. The van der Waals surface area contributed by atoms with E-state index in [2.05, 4.69) is 212 Å². The van der Waals surface area contributed by atoms with Crippen LogP contribution in [0.5, 0.6) is 23.0 Å². The van der Waals surface area contributed by atoms with Gasteiger partial charge in [-0.15, -0.1) is 0 Å². The molecule has 0 amide bonds. The highest BCUT2D eigenvalue weighted by Crippen LogP contribution is 2.60. The topological polar surface area (TPSA) is 57.1 Å². The van der Waals surface area contributed by atoms with E-state index in [-0.39, 0.29) is 0 Å². The minimum Gasteiger partial charge on any atom is -0.449 e. The summed E-state index contributed by atoms with van der Waals surface area (Å²) >= 11 is 0. The van der Waals surface area contributed by atoms with Crippen molar-refractivity contribution in [2.24, 2.45) is 0 Å². The van der Waals surface area contributed by atoms with Gasteiger partial charge in [-0.05, 0) is 91.5 Å². The molecule has 1 aliphatic carbocycles. The molecule has 1 aromatic heterocycles. The van der Waals surface area contributed by atoms with E-state index in [4.69, 9.17) is 24.4 Å². The Morgan fingerprint density at radius 2 is 0.710 bits per heavy atom. The normalized spacial score (nSPS) is 12.7. The van der Waals surface area contributed by atoms with Gasteiger partial charge < -0.3 is 9.47 Å². The molecule has 324 valence electrons. The van der Waals surface area contributed by atoms with E-state index in [1.54, 1.807) is 0 Å². The number of rotatable bonds is 8. The van der Waals surface area contributed by atoms with Crippen molar-refractivity contribution in [3.8, 4) is 102 Å². The average molecular weight is 884 g/mol. The third kappa shape index (κ3) is 6.82. The molecule has 0 bridgehead atoms. The molecule has 2 aliphatic rings. The highest BCUT2D eigenvalue weighted by atomic mass is 16.6. The van der Waals surface area contributed by atoms with Crippen molar-refractivity contribution in [3.63, 3.8) is 0 Å². The summed E-state index contributed by atoms with van der Waals surface area (Å²) in [6.07, 6.45) is 0. The van der Waals surface area contributed by atoms with Crippen molar-refractivity contribution in [1.82, 2.24) is 15.0 Å². The van der Waals surface area contributed by atoms with Crippen molar-refractivity contribution in [1.29, 1.82) is 0 Å². The summed E-state index contributed by atoms with van der Waals surface area (Å²) < 4.78 is 14.0. The fraction of sp³-hybridized carbons (Fsp3) is 0.0156. The highest BCUT2D eigenvalue weighted by molar-refractivity contribution is 5.90. The van der Waals surface area contributed by atoms with Gasteiger partial charge in [0.25, 0.3) is 0 Å². The molecule has 0 spiro atoms. The third-order valence-corrected chi connectivity index (χ3v) is 13.5. The number of para-hydroxylation sites is 1. The SMILES string of the molecule is c1ccc(-c2cccc(-c3nc(-c4cccc(-c5ccccc5)c4)nc(-c4ccccc4-c4cccc5c4Oc4cc6c(cc4O5)C(c4ccccc4)(c4ccccc4)c4ccccc4-6)n3)c2)cc1. The standard InChI is InChI=1S/C64H41N3O2/c1-5-20-42(21-6-1)44-24-17-26-46(38-44)61-65-62(47-27-18-25-45(39-47)43-22-7-2-8-23-43)67-63(66-61)53-34-14-13-32-50(53)52-35-19-37-57-60(52)69-58-40-54-51-33-15-16-36-55(51)64(48-28-9-3-10-29-48,49-30-11-4-12-31-49)56(54)41-59(58)68-57/h1-41H. The quantitative estimate of drug-likeness (QED) is 0.152. The Kier molecular flexibility index (Phi) is 9.65. The van der Waals surface area contributed by atoms with Gasteiger partial charge in [-0.1, -0.05) is 218 Å². The number of ether oxygens (including phenoxy) is 2. The van der Waals surface area contributed by atoms with E-state index in [0.29, 0.717) is 40.5 Å². The monoisotopic (exact) mass is 883 g/mol. The summed E-state index contributed by atoms with van der Waals surface area (Å²) in [7, 11) is 0. The molecule has 0 saturated heterocycles. The lowest BCUT2D eigenvalue weighted by Crippen LogP contribution is -2.28. The molecule has 1 aliphatic heterocycles. The van der Waals surface area contributed by atoms with Crippen molar-refractivity contribution < 1.29 is 9.47 Å². The maximum atomic E-state index is 7.09. The fourth-order valence-electron chi connectivity index (χ4n) is 10.4. The van der Waals surface area contributed by atoms with Gasteiger partial charge in [0.2, 0.25) is 0 Å². The molecule has 0 atom stereocenters. The minimum absolute atomic E-state index is 0.545. The van der Waals surface area contributed by atoms with Gasteiger partial charge in [0.1, 0.15) is 0 Å². The van der Waals surface area contributed by atoms with Crippen LogP contribution in [-0.4, -0.2) is 15.0 Å². The molecule has 10 aromatic carbocycles. The zero-order valence-corrected chi connectivity index (χ0v) is 37.3. The predicted molar refractivity (Wildman–Crippen MR) is 276 cm³/mol. The van der Waals surface area contributed by atoms with Gasteiger partial charge in [-0.2, -0.15) is 0 Å². The van der Waals surface area contributed by atoms with Crippen LogP contribution >= 0.6 is 0 Å². The van der Waals surface area contributed by atoms with Crippen molar-refractivity contribution in [2.45, 2.75) is 5.41 Å². The maximum absolute atomic E-state index is 7.09. The van der Waals surface area contributed by atoms with Gasteiger partial charge in [0.05, 0.1) is 5.41 Å². The molecule has 5 heteroatoms. The lowest BCUT2D eigenvalue weighted by atomic mass is 9.67. The van der Waals surface area contributed by atoms with Crippen LogP contribution < -0.4 is 9.47 Å². The number of hydrogen-bond donors (Lipinski definition) is 0. The molecular weight excluding hydrogens is 843 g/mol. The second-order valence-electron chi connectivity index (χ2n) is 17.5. The molecule has 0 unspecified atom stereocenters. The van der Waals surface area contributed by atoms with E-state index in [9.17, 15) is 0 Å². The Bertz CT molecular complexity index is 3580. The molecule has 0 N–H and O–H groups in total. The van der Waals surface area contributed by atoms with Crippen LogP contribution in [0.25, 0.3) is 78.7 Å². The average Bonchev–Trinajstić information content (AvgIpc) is 3.72. The lowest BCUT2D eigenvalue weighted by Gasteiger charge is -2.34. The molecule has 11 aromatic rings. The Hall–Kier alpha value is -9.19. The van der Waals surface area contributed by atoms with Gasteiger partial charge in [0.15, 0.2) is 40.5 Å². The first kappa shape index (κ1) is 40.1. The zero-order chi connectivity index (χ0) is 45.7. The third-order valence-electron chi connectivity index (χ3n) is 13.5. The van der Waals surface area contributed by atoms with Crippen molar-refractivity contribution in [3.05, 3.63) is 271 Å². The van der Waals surface area contributed by atoms with E-state index >= 15 is 0 Å². The van der Waals surface area contributed by atoms with Gasteiger partial charge in [-0.3, -0.25) is 0 Å². The fourth-order valence-corrected chi connectivity index (χ4v) is 10.4. The smallest absolute Gasteiger partial charge is 0.177 e. The number of fused-ring (bicyclic) bond motifs is 5.